The van der Waals surface area contributed by atoms with Crippen LogP contribution in [0.3, 0.4) is 0 Å². The fourth-order valence-corrected chi connectivity index (χ4v) is 2.02. The molecule has 0 spiro atoms. The van der Waals surface area contributed by atoms with Gasteiger partial charge in [-0.3, -0.25) is 4.79 Å². The SMILES string of the molecule is CNS(=O)(=O)c1ccc(C(=O)NCCCN(C)C)o1. The third kappa shape index (κ3) is 4.66. The topological polar surface area (TPSA) is 91.6 Å². The van der Waals surface area contributed by atoms with E-state index in [-0.39, 0.29) is 10.9 Å². The van der Waals surface area contributed by atoms with Crippen molar-refractivity contribution in [2.24, 2.45) is 0 Å². The molecule has 108 valence electrons. The van der Waals surface area contributed by atoms with Gasteiger partial charge in [0.05, 0.1) is 0 Å². The lowest BCUT2D eigenvalue weighted by molar-refractivity contribution is 0.0919. The lowest BCUT2D eigenvalue weighted by Crippen LogP contribution is -2.26. The first-order chi connectivity index (χ1) is 8.86. The Balaban J connectivity index is 2.55. The smallest absolute Gasteiger partial charge is 0.287 e. The average Bonchev–Trinajstić information content (AvgIpc) is 2.84. The molecule has 1 rings (SSSR count). The monoisotopic (exact) mass is 289 g/mol. The highest BCUT2D eigenvalue weighted by atomic mass is 32.2. The van der Waals surface area contributed by atoms with Crippen molar-refractivity contribution >= 4 is 15.9 Å². The van der Waals surface area contributed by atoms with Gasteiger partial charge in [0, 0.05) is 6.54 Å². The Kier molecular flexibility index (Phi) is 5.52. The molecule has 0 aliphatic rings. The van der Waals surface area contributed by atoms with Crippen molar-refractivity contribution in [3.05, 3.63) is 17.9 Å². The predicted octanol–water partition coefficient (Wildman–Crippen LogP) is -0.131. The molecule has 0 radical (unpaired) electrons. The highest BCUT2D eigenvalue weighted by Gasteiger charge is 2.19. The highest BCUT2D eigenvalue weighted by molar-refractivity contribution is 7.89. The quantitative estimate of drug-likeness (QED) is 0.682. The van der Waals surface area contributed by atoms with Crippen molar-refractivity contribution in [2.45, 2.75) is 11.5 Å². The molecule has 1 aromatic heterocycles. The first-order valence-corrected chi connectivity index (χ1v) is 7.31. The van der Waals surface area contributed by atoms with Gasteiger partial charge in [0.25, 0.3) is 15.9 Å². The van der Waals surface area contributed by atoms with E-state index in [1.54, 1.807) is 0 Å². The molecule has 7 nitrogen and oxygen atoms in total. The van der Waals surface area contributed by atoms with Crippen LogP contribution < -0.4 is 10.0 Å². The number of carbonyl (C=O) groups excluding carboxylic acids is 1. The Hall–Kier alpha value is -1.38. The molecule has 0 saturated carbocycles. The molecule has 19 heavy (non-hydrogen) atoms. The number of amides is 1. The first-order valence-electron chi connectivity index (χ1n) is 5.83. The third-order valence-corrected chi connectivity index (χ3v) is 3.69. The van der Waals surface area contributed by atoms with Crippen LogP contribution in [0.25, 0.3) is 0 Å². The number of hydrogen-bond donors (Lipinski definition) is 2. The predicted molar refractivity (Wildman–Crippen MR) is 70.5 cm³/mol. The fraction of sp³-hybridized carbons (Fsp3) is 0.545. The van der Waals surface area contributed by atoms with Crippen molar-refractivity contribution in [2.75, 3.05) is 34.2 Å². The van der Waals surface area contributed by atoms with Gasteiger partial charge in [0.2, 0.25) is 5.09 Å². The lowest BCUT2D eigenvalue weighted by atomic mass is 10.3. The van der Waals surface area contributed by atoms with E-state index in [1.807, 2.05) is 19.0 Å². The minimum absolute atomic E-state index is 0.0151. The molecule has 0 unspecified atom stereocenters. The molecule has 0 aromatic carbocycles. The molecule has 0 fully saturated rings. The van der Waals surface area contributed by atoms with E-state index in [9.17, 15) is 13.2 Å². The molecule has 0 saturated heterocycles. The second-order valence-electron chi connectivity index (χ2n) is 4.24. The van der Waals surface area contributed by atoms with Crippen LogP contribution in [0.4, 0.5) is 0 Å². The zero-order chi connectivity index (χ0) is 14.5. The van der Waals surface area contributed by atoms with Gasteiger partial charge in [0.1, 0.15) is 0 Å². The Morgan fingerprint density at radius 1 is 1.37 bits per heavy atom. The van der Waals surface area contributed by atoms with Gasteiger partial charge >= 0.3 is 0 Å². The zero-order valence-electron chi connectivity index (χ0n) is 11.3. The van der Waals surface area contributed by atoms with Gasteiger partial charge in [-0.15, -0.1) is 0 Å². The Morgan fingerprint density at radius 2 is 2.05 bits per heavy atom. The van der Waals surface area contributed by atoms with E-state index in [2.05, 4.69) is 10.0 Å². The summed E-state index contributed by atoms with van der Waals surface area (Å²) in [6.07, 6.45) is 0.807. The summed E-state index contributed by atoms with van der Waals surface area (Å²) in [5.74, 6) is -0.435. The van der Waals surface area contributed by atoms with Crippen LogP contribution in [0.5, 0.6) is 0 Å². The van der Waals surface area contributed by atoms with E-state index in [1.165, 1.54) is 19.2 Å². The van der Waals surface area contributed by atoms with Crippen molar-refractivity contribution in [1.29, 1.82) is 0 Å². The molecule has 2 N–H and O–H groups in total. The summed E-state index contributed by atoms with van der Waals surface area (Å²) in [4.78, 5) is 13.7. The molecule has 0 aliphatic carbocycles. The van der Waals surface area contributed by atoms with E-state index in [0.717, 1.165) is 13.0 Å². The lowest BCUT2D eigenvalue weighted by Gasteiger charge is -2.09. The molecule has 0 bridgehead atoms. The number of sulfonamides is 1. The number of rotatable bonds is 7. The maximum absolute atomic E-state index is 11.7. The van der Waals surface area contributed by atoms with Crippen molar-refractivity contribution in [3.8, 4) is 0 Å². The second-order valence-corrected chi connectivity index (χ2v) is 6.06. The van der Waals surface area contributed by atoms with Gasteiger partial charge in [0.15, 0.2) is 5.76 Å². The van der Waals surface area contributed by atoms with Gasteiger partial charge in [-0.2, -0.15) is 0 Å². The fourth-order valence-electron chi connectivity index (χ4n) is 1.37. The van der Waals surface area contributed by atoms with Crippen molar-refractivity contribution in [3.63, 3.8) is 0 Å². The Labute approximate surface area is 113 Å². The van der Waals surface area contributed by atoms with Gasteiger partial charge < -0.3 is 14.6 Å². The van der Waals surface area contributed by atoms with Crippen LogP contribution >= 0.6 is 0 Å². The molecule has 0 atom stereocenters. The number of nitrogens with one attached hydrogen (secondary N) is 2. The highest BCUT2D eigenvalue weighted by Crippen LogP contribution is 2.13. The van der Waals surface area contributed by atoms with Crippen LogP contribution in [0.15, 0.2) is 21.6 Å². The molecule has 0 aliphatic heterocycles. The molecule has 1 heterocycles. The summed E-state index contributed by atoms with van der Waals surface area (Å²) in [5, 5.41) is 2.39. The van der Waals surface area contributed by atoms with E-state index in [0.29, 0.717) is 6.54 Å². The van der Waals surface area contributed by atoms with Crippen LogP contribution in [0.2, 0.25) is 0 Å². The Morgan fingerprint density at radius 3 is 2.63 bits per heavy atom. The van der Waals surface area contributed by atoms with Gasteiger partial charge in [-0.1, -0.05) is 0 Å². The molecule has 1 amide bonds. The molecule has 8 heteroatoms. The van der Waals surface area contributed by atoms with E-state index < -0.39 is 15.9 Å². The van der Waals surface area contributed by atoms with Crippen LogP contribution in [0, 0.1) is 0 Å². The third-order valence-electron chi connectivity index (χ3n) is 2.41. The normalized spacial score (nSPS) is 11.8. The van der Waals surface area contributed by atoms with E-state index in [4.69, 9.17) is 4.42 Å². The van der Waals surface area contributed by atoms with E-state index >= 15 is 0 Å². The summed E-state index contributed by atoms with van der Waals surface area (Å²) >= 11 is 0. The summed E-state index contributed by atoms with van der Waals surface area (Å²) in [6, 6.07) is 2.59. The second kappa shape index (κ2) is 6.69. The minimum atomic E-state index is -3.65. The first kappa shape index (κ1) is 15.7. The zero-order valence-corrected chi connectivity index (χ0v) is 12.1. The summed E-state index contributed by atoms with van der Waals surface area (Å²) in [5.41, 5.74) is 0. The number of furan rings is 1. The van der Waals surface area contributed by atoms with Crippen LogP contribution in [0.1, 0.15) is 17.0 Å². The largest absolute Gasteiger partial charge is 0.438 e. The van der Waals surface area contributed by atoms with Gasteiger partial charge in [-0.05, 0) is 46.2 Å². The van der Waals surface area contributed by atoms with Crippen molar-refractivity contribution in [1.82, 2.24) is 14.9 Å². The number of nitrogens with zero attached hydrogens (tertiary/aromatic N) is 1. The summed E-state index contributed by atoms with van der Waals surface area (Å²) < 4.78 is 30.0. The maximum atomic E-state index is 11.7. The molecule has 1 aromatic rings. The summed E-state index contributed by atoms with van der Waals surface area (Å²) in [6.45, 7) is 1.36. The van der Waals surface area contributed by atoms with Crippen LogP contribution in [-0.4, -0.2) is 53.5 Å². The minimum Gasteiger partial charge on any atom is -0.438 e. The molecular formula is C11H19N3O4S. The molecular weight excluding hydrogens is 270 g/mol. The Bertz CT molecular complexity index is 522. The number of hydrogen-bond acceptors (Lipinski definition) is 5. The van der Waals surface area contributed by atoms with Crippen LogP contribution in [-0.2, 0) is 10.0 Å². The van der Waals surface area contributed by atoms with Crippen molar-refractivity contribution < 1.29 is 17.6 Å². The number of carbonyl (C=O) groups is 1. The van der Waals surface area contributed by atoms with Gasteiger partial charge in [-0.25, -0.2) is 13.1 Å². The maximum Gasteiger partial charge on any atom is 0.287 e. The average molecular weight is 289 g/mol. The summed E-state index contributed by atoms with van der Waals surface area (Å²) in [7, 11) is 1.52. The standard InChI is InChI=1S/C11H19N3O4S/c1-12-19(16,17)10-6-5-9(18-10)11(15)13-7-4-8-14(2)3/h5-6,12H,4,7-8H2,1-3H3,(H,13,15).